The number of hydrogen-bond donors (Lipinski definition) is 2. The summed E-state index contributed by atoms with van der Waals surface area (Å²) in [5, 5.41) is 13.4. The van der Waals surface area contributed by atoms with E-state index < -0.39 is 0 Å². The average molecular weight is 277 g/mol. The molecule has 0 bridgehead atoms. The van der Waals surface area contributed by atoms with Gasteiger partial charge in [-0.2, -0.15) is 0 Å². The third kappa shape index (κ3) is 3.70. The van der Waals surface area contributed by atoms with Gasteiger partial charge in [0.05, 0.1) is 17.7 Å². The minimum Gasteiger partial charge on any atom is -0.391 e. The van der Waals surface area contributed by atoms with Gasteiger partial charge < -0.3 is 15.3 Å². The fourth-order valence-electron chi connectivity index (χ4n) is 2.51. The first kappa shape index (κ1) is 14.8. The summed E-state index contributed by atoms with van der Waals surface area (Å²) in [6, 6.07) is 3.62. The van der Waals surface area contributed by atoms with E-state index in [1.165, 1.54) is 11.3 Å². The average Bonchev–Trinajstić information content (AvgIpc) is 2.64. The van der Waals surface area contributed by atoms with Crippen molar-refractivity contribution in [3.63, 3.8) is 0 Å². The number of aliphatic hydroxyl groups is 1. The molecule has 110 valence electrons. The minimum absolute atomic E-state index is 0.0559. The maximum atomic E-state index is 11.8. The summed E-state index contributed by atoms with van der Waals surface area (Å²) in [4.78, 5) is 17.6. The summed E-state index contributed by atoms with van der Waals surface area (Å²) >= 11 is 0. The molecule has 1 aliphatic rings. The summed E-state index contributed by atoms with van der Waals surface area (Å²) in [6.45, 7) is 0. The molecule has 1 saturated carbocycles. The zero-order valence-corrected chi connectivity index (χ0v) is 12.2. The van der Waals surface area contributed by atoms with E-state index in [1.807, 2.05) is 0 Å². The number of carbonyl (C=O) groups is 1. The van der Waals surface area contributed by atoms with Gasteiger partial charge in [0.1, 0.15) is 5.82 Å². The molecule has 1 aromatic heterocycles. The lowest BCUT2D eigenvalue weighted by Crippen LogP contribution is -2.32. The molecule has 5 nitrogen and oxygen atoms in total. The molecule has 1 aliphatic carbocycles. The summed E-state index contributed by atoms with van der Waals surface area (Å²) in [5.41, 5.74) is 0.571. The first-order valence-corrected chi connectivity index (χ1v) is 7.20. The normalized spacial score (nSPS) is 22.9. The number of aliphatic hydroxyl groups excluding tert-OH is 1. The van der Waals surface area contributed by atoms with Crippen LogP contribution in [0.2, 0.25) is 0 Å². The number of anilines is 1. The van der Waals surface area contributed by atoms with Gasteiger partial charge in [0.25, 0.3) is 5.91 Å². The molecule has 1 fully saturated rings. The van der Waals surface area contributed by atoms with E-state index in [0.29, 0.717) is 11.4 Å². The van der Waals surface area contributed by atoms with Crippen molar-refractivity contribution in [3.8, 4) is 0 Å². The van der Waals surface area contributed by atoms with Gasteiger partial charge in [0.2, 0.25) is 0 Å². The number of carbonyl (C=O) groups excluding carboxylic acids is 1. The maximum absolute atomic E-state index is 11.8. The number of aromatic nitrogens is 1. The Morgan fingerprint density at radius 3 is 2.70 bits per heavy atom. The lowest BCUT2D eigenvalue weighted by Gasteiger charge is -2.22. The zero-order chi connectivity index (χ0) is 14.5. The van der Waals surface area contributed by atoms with Gasteiger partial charge in [-0.3, -0.25) is 4.79 Å². The van der Waals surface area contributed by atoms with E-state index in [9.17, 15) is 9.90 Å². The molecule has 0 aromatic carbocycles. The van der Waals surface area contributed by atoms with Crippen LogP contribution in [-0.2, 0) is 0 Å². The van der Waals surface area contributed by atoms with E-state index in [2.05, 4.69) is 10.3 Å². The van der Waals surface area contributed by atoms with Crippen molar-refractivity contribution >= 4 is 11.7 Å². The van der Waals surface area contributed by atoms with Gasteiger partial charge in [-0.1, -0.05) is 19.3 Å². The van der Waals surface area contributed by atoms with Crippen LogP contribution in [0.5, 0.6) is 0 Å². The molecule has 1 amide bonds. The number of nitrogens with one attached hydrogen (secondary N) is 1. The Labute approximate surface area is 120 Å². The fourth-order valence-corrected chi connectivity index (χ4v) is 2.51. The predicted octanol–water partition coefficient (Wildman–Crippen LogP) is 1.89. The number of rotatable bonds is 3. The summed E-state index contributed by atoms with van der Waals surface area (Å²) < 4.78 is 0. The highest BCUT2D eigenvalue weighted by atomic mass is 16.3. The van der Waals surface area contributed by atoms with Crippen LogP contribution in [0.1, 0.15) is 42.5 Å². The first-order valence-electron chi connectivity index (χ1n) is 7.20. The third-order valence-electron chi connectivity index (χ3n) is 3.73. The Balaban J connectivity index is 2.01. The molecular weight excluding hydrogens is 254 g/mol. The van der Waals surface area contributed by atoms with Crippen LogP contribution in [0, 0.1) is 0 Å². The highest BCUT2D eigenvalue weighted by Gasteiger charge is 2.21. The maximum Gasteiger partial charge on any atom is 0.254 e. The molecule has 1 heterocycles. The molecule has 0 radical (unpaired) electrons. The molecule has 5 heteroatoms. The van der Waals surface area contributed by atoms with Crippen molar-refractivity contribution in [2.24, 2.45) is 0 Å². The molecule has 2 unspecified atom stereocenters. The zero-order valence-electron chi connectivity index (χ0n) is 12.2. The van der Waals surface area contributed by atoms with Gasteiger partial charge >= 0.3 is 0 Å². The second-order valence-electron chi connectivity index (χ2n) is 5.59. The van der Waals surface area contributed by atoms with E-state index in [4.69, 9.17) is 0 Å². The molecular formula is C15H23N3O2. The van der Waals surface area contributed by atoms with E-state index >= 15 is 0 Å². The quantitative estimate of drug-likeness (QED) is 0.828. The van der Waals surface area contributed by atoms with Crippen molar-refractivity contribution in [3.05, 3.63) is 23.9 Å². The van der Waals surface area contributed by atoms with Crippen LogP contribution in [0.3, 0.4) is 0 Å². The van der Waals surface area contributed by atoms with Crippen LogP contribution >= 0.6 is 0 Å². The van der Waals surface area contributed by atoms with Crippen molar-refractivity contribution < 1.29 is 9.90 Å². The molecule has 20 heavy (non-hydrogen) atoms. The van der Waals surface area contributed by atoms with E-state index in [1.54, 1.807) is 32.4 Å². The van der Waals surface area contributed by atoms with Gasteiger partial charge in [-0.25, -0.2) is 4.98 Å². The number of nitrogens with zero attached hydrogens (tertiary/aromatic N) is 2. The SMILES string of the molecule is CN(C)C(=O)c1ccc(NC2CCCCCC2O)nc1. The molecule has 1 aromatic rings. The fraction of sp³-hybridized carbons (Fsp3) is 0.600. The Bertz CT molecular complexity index is 445. The number of hydrogen-bond acceptors (Lipinski definition) is 4. The summed E-state index contributed by atoms with van der Waals surface area (Å²) in [7, 11) is 3.44. The molecule has 2 atom stereocenters. The van der Waals surface area contributed by atoms with E-state index in [-0.39, 0.29) is 18.1 Å². The van der Waals surface area contributed by atoms with Crippen LogP contribution < -0.4 is 5.32 Å². The van der Waals surface area contributed by atoms with E-state index in [0.717, 1.165) is 25.7 Å². The van der Waals surface area contributed by atoms with Crippen molar-refractivity contribution in [2.45, 2.75) is 44.2 Å². The molecule has 0 saturated heterocycles. The Hall–Kier alpha value is -1.62. The van der Waals surface area contributed by atoms with Crippen LogP contribution in [0.15, 0.2) is 18.3 Å². The van der Waals surface area contributed by atoms with Gasteiger partial charge in [0, 0.05) is 20.3 Å². The predicted molar refractivity (Wildman–Crippen MR) is 78.8 cm³/mol. The lowest BCUT2D eigenvalue weighted by molar-refractivity contribution is 0.0827. The molecule has 2 N–H and O–H groups in total. The van der Waals surface area contributed by atoms with Gasteiger partial charge in [-0.15, -0.1) is 0 Å². The van der Waals surface area contributed by atoms with Crippen molar-refractivity contribution in [1.29, 1.82) is 0 Å². The first-order chi connectivity index (χ1) is 9.58. The molecule has 2 rings (SSSR count). The third-order valence-corrected chi connectivity index (χ3v) is 3.73. The Morgan fingerprint density at radius 2 is 2.05 bits per heavy atom. The number of pyridine rings is 1. The Kier molecular flexibility index (Phi) is 4.95. The monoisotopic (exact) mass is 277 g/mol. The minimum atomic E-state index is -0.317. The summed E-state index contributed by atoms with van der Waals surface area (Å²) in [6.07, 6.45) is 6.46. The number of amides is 1. The van der Waals surface area contributed by atoms with Crippen molar-refractivity contribution in [1.82, 2.24) is 9.88 Å². The lowest BCUT2D eigenvalue weighted by atomic mass is 10.1. The largest absolute Gasteiger partial charge is 0.391 e. The van der Waals surface area contributed by atoms with Crippen LogP contribution in [-0.4, -0.2) is 47.1 Å². The second kappa shape index (κ2) is 6.70. The smallest absolute Gasteiger partial charge is 0.254 e. The van der Waals surface area contributed by atoms with Crippen LogP contribution in [0.25, 0.3) is 0 Å². The highest BCUT2D eigenvalue weighted by Crippen LogP contribution is 2.21. The topological polar surface area (TPSA) is 65.5 Å². The van der Waals surface area contributed by atoms with Gasteiger partial charge in [0.15, 0.2) is 0 Å². The molecule has 0 aliphatic heterocycles. The standard InChI is InChI=1S/C15H23N3O2/c1-18(2)15(20)11-8-9-14(16-10-11)17-12-6-4-3-5-7-13(12)19/h8-10,12-13,19H,3-7H2,1-2H3,(H,16,17). The highest BCUT2D eigenvalue weighted by molar-refractivity contribution is 5.93. The second-order valence-corrected chi connectivity index (χ2v) is 5.59. The Morgan fingerprint density at radius 1 is 1.30 bits per heavy atom. The molecule has 0 spiro atoms. The van der Waals surface area contributed by atoms with Crippen LogP contribution in [0.4, 0.5) is 5.82 Å². The van der Waals surface area contributed by atoms with Gasteiger partial charge in [-0.05, 0) is 25.0 Å². The van der Waals surface area contributed by atoms with Crippen molar-refractivity contribution in [2.75, 3.05) is 19.4 Å². The summed E-state index contributed by atoms with van der Waals surface area (Å²) in [5.74, 6) is 0.657.